The van der Waals surface area contributed by atoms with E-state index >= 15 is 0 Å². The zero-order valence-electron chi connectivity index (χ0n) is 12.3. The summed E-state index contributed by atoms with van der Waals surface area (Å²) in [5.74, 6) is 0.408. The minimum Gasteiger partial charge on any atom is -0.465 e. The Hall–Kier alpha value is -1.12. The molecular weight excluding hydrogens is 252 g/mol. The lowest BCUT2D eigenvalue weighted by Gasteiger charge is -2.37. The van der Waals surface area contributed by atoms with Gasteiger partial charge < -0.3 is 4.74 Å². The Morgan fingerprint density at radius 1 is 1.25 bits per heavy atom. The van der Waals surface area contributed by atoms with Crippen molar-refractivity contribution in [3.05, 3.63) is 12.2 Å². The Morgan fingerprint density at radius 2 is 1.95 bits per heavy atom. The van der Waals surface area contributed by atoms with Gasteiger partial charge in [0.2, 0.25) is 0 Å². The van der Waals surface area contributed by atoms with E-state index < -0.39 is 5.41 Å². The molecule has 3 nitrogen and oxygen atoms in total. The van der Waals surface area contributed by atoms with Gasteiger partial charge in [-0.1, -0.05) is 25.0 Å². The molecule has 2 saturated carbocycles. The minimum absolute atomic E-state index is 0.202. The molecule has 0 heterocycles. The quantitative estimate of drug-likeness (QED) is 0.441. The van der Waals surface area contributed by atoms with Crippen LogP contribution in [0.15, 0.2) is 12.2 Å². The molecule has 3 aliphatic carbocycles. The highest BCUT2D eigenvalue weighted by Crippen LogP contribution is 2.57. The molecular formula is C17H24O3. The standard InChI is InChI=1S/C17H24O3/c1-2-20-15(19)17-10-4-3-9-16(14(17)18)11-5-7-13(16)8-6-12-17/h3-4,13H,2,5-12H2,1H3/t13-,16-,17+/m0/s1. The van der Waals surface area contributed by atoms with E-state index in [9.17, 15) is 9.59 Å². The first-order chi connectivity index (χ1) is 9.66. The molecule has 0 aromatic carbocycles. The third-order valence-corrected chi connectivity index (χ3v) is 5.78. The number of fused-ring (bicyclic) bond motifs is 1. The predicted molar refractivity (Wildman–Crippen MR) is 76.1 cm³/mol. The summed E-state index contributed by atoms with van der Waals surface area (Å²) in [6.07, 6.45) is 11.5. The predicted octanol–water partition coefficient (Wildman–Crippen LogP) is 3.43. The van der Waals surface area contributed by atoms with E-state index in [4.69, 9.17) is 4.74 Å². The number of ether oxygens (including phenoxy) is 1. The van der Waals surface area contributed by atoms with Crippen LogP contribution >= 0.6 is 0 Å². The number of allylic oxidation sites excluding steroid dienone is 2. The maximum absolute atomic E-state index is 13.3. The summed E-state index contributed by atoms with van der Waals surface area (Å²) in [7, 11) is 0. The second kappa shape index (κ2) is 5.01. The average Bonchev–Trinajstić information content (AvgIpc) is 2.75. The van der Waals surface area contributed by atoms with Crippen LogP contribution in [0.5, 0.6) is 0 Å². The van der Waals surface area contributed by atoms with Gasteiger partial charge in [0.05, 0.1) is 6.61 Å². The molecule has 0 saturated heterocycles. The normalized spacial score (nSPS) is 39.9. The van der Waals surface area contributed by atoms with Gasteiger partial charge in [0.25, 0.3) is 0 Å². The summed E-state index contributed by atoms with van der Waals surface area (Å²) in [5.41, 5.74) is -1.15. The Bertz CT molecular complexity index is 453. The highest BCUT2D eigenvalue weighted by atomic mass is 16.5. The fourth-order valence-electron chi connectivity index (χ4n) is 4.79. The van der Waals surface area contributed by atoms with Gasteiger partial charge in [-0.15, -0.1) is 0 Å². The van der Waals surface area contributed by atoms with Crippen molar-refractivity contribution in [2.24, 2.45) is 16.7 Å². The number of rotatable bonds is 2. The van der Waals surface area contributed by atoms with E-state index in [1.807, 2.05) is 13.0 Å². The molecule has 2 bridgehead atoms. The fraction of sp³-hybridized carbons (Fsp3) is 0.765. The van der Waals surface area contributed by atoms with E-state index in [0.29, 0.717) is 25.4 Å². The van der Waals surface area contributed by atoms with Crippen molar-refractivity contribution in [1.29, 1.82) is 0 Å². The Morgan fingerprint density at radius 3 is 2.70 bits per heavy atom. The zero-order valence-corrected chi connectivity index (χ0v) is 12.3. The van der Waals surface area contributed by atoms with Crippen molar-refractivity contribution in [2.45, 2.75) is 58.3 Å². The van der Waals surface area contributed by atoms with Gasteiger partial charge in [-0.25, -0.2) is 0 Å². The number of carbonyl (C=O) groups excluding carboxylic acids is 2. The van der Waals surface area contributed by atoms with Gasteiger partial charge in [-0.3, -0.25) is 9.59 Å². The largest absolute Gasteiger partial charge is 0.465 e. The molecule has 3 aliphatic rings. The van der Waals surface area contributed by atoms with Crippen LogP contribution in [0.4, 0.5) is 0 Å². The van der Waals surface area contributed by atoms with Crippen molar-refractivity contribution in [2.75, 3.05) is 6.61 Å². The molecule has 2 fully saturated rings. The first-order valence-corrected chi connectivity index (χ1v) is 8.03. The highest BCUT2D eigenvalue weighted by Gasteiger charge is 2.60. The summed E-state index contributed by atoms with van der Waals surface area (Å²) < 4.78 is 5.29. The van der Waals surface area contributed by atoms with E-state index in [-0.39, 0.29) is 17.2 Å². The number of carbonyl (C=O) groups is 2. The highest BCUT2D eigenvalue weighted by molar-refractivity contribution is 6.07. The molecule has 0 aromatic heterocycles. The molecule has 0 radical (unpaired) electrons. The summed E-state index contributed by atoms with van der Waals surface area (Å²) >= 11 is 0. The fourth-order valence-corrected chi connectivity index (χ4v) is 4.79. The van der Waals surface area contributed by atoms with Crippen LogP contribution in [0.25, 0.3) is 0 Å². The van der Waals surface area contributed by atoms with Gasteiger partial charge in [0, 0.05) is 5.41 Å². The molecule has 3 atom stereocenters. The first-order valence-electron chi connectivity index (χ1n) is 8.03. The van der Waals surface area contributed by atoms with Crippen molar-refractivity contribution in [3.63, 3.8) is 0 Å². The number of esters is 1. The zero-order chi connectivity index (χ0) is 14.2. The third kappa shape index (κ3) is 1.78. The van der Waals surface area contributed by atoms with Gasteiger partial charge in [0.15, 0.2) is 5.78 Å². The lowest BCUT2D eigenvalue weighted by Crippen LogP contribution is -2.48. The van der Waals surface area contributed by atoms with Crippen molar-refractivity contribution in [1.82, 2.24) is 0 Å². The van der Waals surface area contributed by atoms with Crippen LogP contribution in [0.3, 0.4) is 0 Å². The lowest BCUT2D eigenvalue weighted by molar-refractivity contribution is -0.164. The van der Waals surface area contributed by atoms with E-state index in [1.165, 1.54) is 0 Å². The van der Waals surface area contributed by atoms with Crippen LogP contribution in [0.2, 0.25) is 0 Å². The second-order valence-corrected chi connectivity index (χ2v) is 6.65. The smallest absolute Gasteiger partial charge is 0.319 e. The van der Waals surface area contributed by atoms with Gasteiger partial charge in [-0.05, 0) is 51.4 Å². The van der Waals surface area contributed by atoms with E-state index in [0.717, 1.165) is 38.5 Å². The Balaban J connectivity index is 2.06. The van der Waals surface area contributed by atoms with Gasteiger partial charge >= 0.3 is 5.97 Å². The lowest BCUT2D eigenvalue weighted by atomic mass is 9.64. The maximum Gasteiger partial charge on any atom is 0.319 e. The molecule has 20 heavy (non-hydrogen) atoms. The van der Waals surface area contributed by atoms with Crippen LogP contribution in [0, 0.1) is 16.7 Å². The molecule has 0 N–H and O–H groups in total. The molecule has 0 aromatic rings. The van der Waals surface area contributed by atoms with Crippen molar-refractivity contribution < 1.29 is 14.3 Å². The molecule has 3 heteroatoms. The van der Waals surface area contributed by atoms with Crippen LogP contribution < -0.4 is 0 Å². The third-order valence-electron chi connectivity index (χ3n) is 5.78. The second-order valence-electron chi connectivity index (χ2n) is 6.65. The molecule has 110 valence electrons. The summed E-state index contributed by atoms with van der Waals surface area (Å²) in [5, 5.41) is 0. The SMILES string of the molecule is CCOC(=O)[C@]12CC=CC[C@@]3(CCC[C@H]3CCC1)C2=O. The number of Topliss-reactive ketones (excluding diaryl/α,β-unsaturated/α-hetero) is 1. The van der Waals surface area contributed by atoms with E-state index in [1.54, 1.807) is 0 Å². The summed E-state index contributed by atoms with van der Waals surface area (Å²) in [6.45, 7) is 2.17. The number of ketones is 1. The van der Waals surface area contributed by atoms with Crippen LogP contribution in [-0.2, 0) is 14.3 Å². The van der Waals surface area contributed by atoms with Crippen molar-refractivity contribution >= 4 is 11.8 Å². The Kier molecular flexibility index (Phi) is 3.47. The van der Waals surface area contributed by atoms with Crippen molar-refractivity contribution in [3.8, 4) is 0 Å². The minimum atomic E-state index is -0.887. The summed E-state index contributed by atoms with van der Waals surface area (Å²) in [6, 6.07) is 0. The summed E-state index contributed by atoms with van der Waals surface area (Å²) in [4.78, 5) is 25.9. The molecule has 0 aliphatic heterocycles. The van der Waals surface area contributed by atoms with Crippen LogP contribution in [0.1, 0.15) is 58.3 Å². The topological polar surface area (TPSA) is 43.4 Å². The average molecular weight is 276 g/mol. The molecule has 3 rings (SSSR count). The first kappa shape index (κ1) is 13.8. The monoisotopic (exact) mass is 276 g/mol. The van der Waals surface area contributed by atoms with Crippen LogP contribution in [-0.4, -0.2) is 18.4 Å². The molecule has 1 spiro atoms. The van der Waals surface area contributed by atoms with Gasteiger partial charge in [-0.2, -0.15) is 0 Å². The van der Waals surface area contributed by atoms with E-state index in [2.05, 4.69) is 6.08 Å². The van der Waals surface area contributed by atoms with Gasteiger partial charge in [0.1, 0.15) is 5.41 Å². The molecule has 0 unspecified atom stereocenters. The number of hydrogen-bond donors (Lipinski definition) is 0. The maximum atomic E-state index is 13.3. The molecule has 0 amide bonds. The Labute approximate surface area is 120 Å². The number of hydrogen-bond acceptors (Lipinski definition) is 3.